The van der Waals surface area contributed by atoms with Crippen LogP contribution in [0.4, 0.5) is 0 Å². The highest BCUT2D eigenvalue weighted by atomic mass is 35.5. The van der Waals surface area contributed by atoms with Crippen LogP contribution in [0.15, 0.2) is 52.6 Å². The summed E-state index contributed by atoms with van der Waals surface area (Å²) in [5.74, 6) is -3.37. The molecule has 1 fully saturated rings. The normalized spacial score (nSPS) is 30.3. The maximum atomic E-state index is 13.2. The van der Waals surface area contributed by atoms with Gasteiger partial charge in [0.2, 0.25) is 11.8 Å². The van der Waals surface area contributed by atoms with Gasteiger partial charge in [0.05, 0.1) is 11.8 Å². The van der Waals surface area contributed by atoms with E-state index in [4.69, 9.17) is 11.6 Å². The Balaban J connectivity index is 1.75. The zero-order valence-corrected chi connectivity index (χ0v) is 16.8. The Bertz CT molecular complexity index is 1160. The number of halogens is 1. The molecule has 4 aliphatic rings. The molecule has 0 spiro atoms. The first-order valence-corrected chi connectivity index (χ1v) is 10.2. The van der Waals surface area contributed by atoms with Crippen molar-refractivity contribution in [1.29, 1.82) is 0 Å². The van der Waals surface area contributed by atoms with E-state index in [0.29, 0.717) is 33.7 Å². The third kappa shape index (κ3) is 2.56. The minimum atomic E-state index is -0.693. The van der Waals surface area contributed by atoms with Crippen molar-refractivity contribution in [3.8, 4) is 5.75 Å². The Morgan fingerprint density at radius 2 is 1.87 bits per heavy atom. The van der Waals surface area contributed by atoms with Gasteiger partial charge < -0.3 is 5.11 Å². The van der Waals surface area contributed by atoms with E-state index in [2.05, 4.69) is 5.32 Å². The second-order valence-corrected chi connectivity index (χ2v) is 8.72. The fourth-order valence-electron chi connectivity index (χ4n) is 5.38. The third-order valence-corrected chi connectivity index (χ3v) is 6.94. The molecular weight excluding hydrogens is 406 g/mol. The van der Waals surface area contributed by atoms with Crippen LogP contribution in [0.5, 0.6) is 5.75 Å². The van der Waals surface area contributed by atoms with Crippen molar-refractivity contribution in [2.75, 3.05) is 0 Å². The van der Waals surface area contributed by atoms with Crippen LogP contribution in [0.3, 0.4) is 0 Å². The van der Waals surface area contributed by atoms with E-state index in [9.17, 15) is 24.3 Å². The minimum absolute atomic E-state index is 0.0423. The number of phenols is 1. The summed E-state index contributed by atoms with van der Waals surface area (Å²) < 4.78 is 0. The second-order valence-electron chi connectivity index (χ2n) is 8.29. The van der Waals surface area contributed by atoms with Crippen molar-refractivity contribution in [3.63, 3.8) is 0 Å². The summed E-state index contributed by atoms with van der Waals surface area (Å²) >= 11 is 6.19. The van der Waals surface area contributed by atoms with Gasteiger partial charge in [-0.25, -0.2) is 0 Å². The number of phenolic OH excluding ortho intramolecular Hbond substituents is 1. The zero-order chi connectivity index (χ0) is 21.3. The topological polar surface area (TPSA) is 101 Å². The molecule has 0 aromatic heterocycles. The molecule has 152 valence electrons. The molecule has 4 atom stereocenters. The van der Waals surface area contributed by atoms with E-state index in [1.54, 1.807) is 19.1 Å². The van der Waals surface area contributed by atoms with Crippen LogP contribution in [0.1, 0.15) is 31.2 Å². The van der Waals surface area contributed by atoms with E-state index in [1.807, 2.05) is 6.08 Å². The van der Waals surface area contributed by atoms with E-state index >= 15 is 0 Å². The molecule has 1 aromatic rings. The van der Waals surface area contributed by atoms with Crippen LogP contribution in [-0.2, 0) is 19.2 Å². The maximum absolute atomic E-state index is 13.2. The standard InChI is InChI=1S/C23H18ClNO5/c1-9-6-17(27)15-8-13-11(3-4-12-19(13)23(30)25-22(12)29)18(20(15)21(9)28)14-7-10(24)2-5-16(14)26/h2-3,5-7,12-13,18-19,26H,4,8H2,1H3,(H,25,29,30). The predicted molar refractivity (Wildman–Crippen MR) is 108 cm³/mol. The molecule has 5 rings (SSSR count). The molecule has 1 heterocycles. The highest BCUT2D eigenvalue weighted by molar-refractivity contribution is 6.30. The lowest BCUT2D eigenvalue weighted by atomic mass is 9.59. The highest BCUT2D eigenvalue weighted by Gasteiger charge is 2.53. The number of benzene rings is 1. The van der Waals surface area contributed by atoms with Gasteiger partial charge in [-0.2, -0.15) is 0 Å². The Kier molecular flexibility index (Phi) is 4.12. The first kappa shape index (κ1) is 19.0. The van der Waals surface area contributed by atoms with Crippen LogP contribution in [0.2, 0.25) is 5.02 Å². The third-order valence-electron chi connectivity index (χ3n) is 6.71. The molecule has 0 radical (unpaired) electrons. The number of imide groups is 1. The number of hydrogen-bond donors (Lipinski definition) is 2. The molecule has 1 saturated heterocycles. The van der Waals surface area contributed by atoms with Gasteiger partial charge in [-0.05, 0) is 50.0 Å². The number of rotatable bonds is 1. The molecule has 6 nitrogen and oxygen atoms in total. The fourth-order valence-corrected chi connectivity index (χ4v) is 5.56. The predicted octanol–water partition coefficient (Wildman–Crippen LogP) is 2.76. The van der Waals surface area contributed by atoms with Gasteiger partial charge >= 0.3 is 0 Å². The number of aromatic hydroxyl groups is 1. The van der Waals surface area contributed by atoms with Gasteiger partial charge in [0.1, 0.15) is 5.75 Å². The van der Waals surface area contributed by atoms with Crippen molar-refractivity contribution >= 4 is 35.0 Å². The second kappa shape index (κ2) is 6.51. The number of hydrogen-bond acceptors (Lipinski definition) is 5. The van der Waals surface area contributed by atoms with Gasteiger partial charge in [0.15, 0.2) is 11.6 Å². The summed E-state index contributed by atoms with van der Waals surface area (Å²) in [6, 6.07) is 4.59. The fraction of sp³-hybridized carbons (Fsp3) is 0.304. The molecule has 30 heavy (non-hydrogen) atoms. The molecule has 1 aromatic carbocycles. The van der Waals surface area contributed by atoms with Crippen molar-refractivity contribution in [2.45, 2.75) is 25.7 Å². The smallest absolute Gasteiger partial charge is 0.231 e. The van der Waals surface area contributed by atoms with E-state index < -0.39 is 23.7 Å². The Morgan fingerprint density at radius 1 is 1.10 bits per heavy atom. The van der Waals surface area contributed by atoms with Crippen LogP contribution in [-0.4, -0.2) is 28.5 Å². The van der Waals surface area contributed by atoms with Crippen molar-refractivity contribution in [2.24, 2.45) is 17.8 Å². The monoisotopic (exact) mass is 423 g/mol. The minimum Gasteiger partial charge on any atom is -0.508 e. The SMILES string of the molecule is CC1=CC(=O)C2=C(C1=O)C(c1cc(Cl)ccc1O)C1=CCC3C(=O)NC(=O)C3C1C2. The lowest BCUT2D eigenvalue weighted by molar-refractivity contribution is -0.126. The van der Waals surface area contributed by atoms with Crippen LogP contribution >= 0.6 is 11.6 Å². The van der Waals surface area contributed by atoms with Crippen molar-refractivity contribution in [1.82, 2.24) is 5.32 Å². The van der Waals surface area contributed by atoms with E-state index in [1.165, 1.54) is 12.1 Å². The van der Waals surface area contributed by atoms with Crippen LogP contribution in [0.25, 0.3) is 0 Å². The molecular formula is C23H18ClNO5. The molecule has 1 aliphatic heterocycles. The number of carbonyl (C=O) groups excluding carboxylic acids is 4. The van der Waals surface area contributed by atoms with Gasteiger partial charge in [-0.15, -0.1) is 0 Å². The van der Waals surface area contributed by atoms with Crippen LogP contribution < -0.4 is 5.32 Å². The number of carbonyl (C=O) groups is 4. The van der Waals surface area contributed by atoms with Gasteiger partial charge in [-0.3, -0.25) is 24.5 Å². The number of Topliss-reactive ketones (excluding diaryl/α,β-unsaturated/α-hetero) is 1. The molecule has 4 unspecified atom stereocenters. The summed E-state index contributed by atoms with van der Waals surface area (Å²) in [4.78, 5) is 50.8. The number of allylic oxidation sites excluding steroid dienone is 6. The Hall–Kier alpha value is -2.99. The first-order chi connectivity index (χ1) is 14.3. The summed E-state index contributed by atoms with van der Waals surface area (Å²) in [6.45, 7) is 1.60. The van der Waals surface area contributed by atoms with E-state index in [0.717, 1.165) is 5.57 Å². The van der Waals surface area contributed by atoms with Gasteiger partial charge in [0, 0.05) is 33.2 Å². The van der Waals surface area contributed by atoms with Crippen molar-refractivity contribution < 1.29 is 24.3 Å². The molecule has 3 aliphatic carbocycles. The highest BCUT2D eigenvalue weighted by Crippen LogP contribution is 2.55. The average Bonchev–Trinajstić information content (AvgIpc) is 3.00. The quantitative estimate of drug-likeness (QED) is 0.411. The first-order valence-electron chi connectivity index (χ1n) is 9.81. The molecule has 2 N–H and O–H groups in total. The average molecular weight is 424 g/mol. The number of ketones is 2. The number of nitrogens with one attached hydrogen (secondary N) is 1. The van der Waals surface area contributed by atoms with Gasteiger partial charge in [0.25, 0.3) is 0 Å². The summed E-state index contributed by atoms with van der Waals surface area (Å²) in [5, 5.41) is 13.4. The summed E-state index contributed by atoms with van der Waals surface area (Å²) in [5.41, 5.74) is 2.23. The van der Waals surface area contributed by atoms with Gasteiger partial charge in [-0.1, -0.05) is 23.3 Å². The molecule has 2 amide bonds. The Labute approximate surface area is 177 Å². The van der Waals surface area contributed by atoms with E-state index in [-0.39, 0.29) is 35.6 Å². The lowest BCUT2D eigenvalue weighted by Crippen LogP contribution is -2.39. The largest absolute Gasteiger partial charge is 0.508 e. The lowest BCUT2D eigenvalue weighted by Gasteiger charge is -2.42. The molecule has 7 heteroatoms. The zero-order valence-electron chi connectivity index (χ0n) is 16.1. The molecule has 0 bridgehead atoms. The molecule has 0 saturated carbocycles. The summed E-state index contributed by atoms with van der Waals surface area (Å²) in [7, 11) is 0. The maximum Gasteiger partial charge on any atom is 0.231 e. The number of fused-ring (bicyclic) bond motifs is 3. The number of amides is 2. The van der Waals surface area contributed by atoms with Crippen molar-refractivity contribution in [3.05, 3.63) is 63.2 Å². The van der Waals surface area contributed by atoms with Crippen LogP contribution in [0, 0.1) is 17.8 Å². The summed E-state index contributed by atoms with van der Waals surface area (Å²) in [6.07, 6.45) is 3.80. The Morgan fingerprint density at radius 3 is 2.63 bits per heavy atom.